The Morgan fingerprint density at radius 1 is 0.880 bits per heavy atom. The molecule has 0 aromatic heterocycles. The van der Waals surface area contributed by atoms with Gasteiger partial charge in [0.1, 0.15) is 0 Å². The van der Waals surface area contributed by atoms with Gasteiger partial charge in [0.2, 0.25) is 0 Å². The average Bonchev–Trinajstić information content (AvgIpc) is 2.63. The molecule has 0 rings (SSSR count). The molecule has 0 aliphatic carbocycles. The highest BCUT2D eigenvalue weighted by molar-refractivity contribution is 5.68. The van der Waals surface area contributed by atoms with Crippen LogP contribution in [-0.2, 0) is 9.68 Å². The third-order valence-corrected chi connectivity index (χ3v) is 3.71. The number of unbranched alkanes of at least 4 members (excludes halogenated alkanes) is 8. The van der Waals surface area contributed by atoms with Crippen LogP contribution in [0.15, 0.2) is 54.3 Å². The van der Waals surface area contributed by atoms with Gasteiger partial charge in [-0.3, -0.25) is 0 Å². The molecule has 140 valence electrons. The molecule has 0 aliphatic rings. The van der Waals surface area contributed by atoms with E-state index in [0.717, 1.165) is 6.42 Å². The van der Waals surface area contributed by atoms with Gasteiger partial charge in [0.05, 0.1) is 6.42 Å². The zero-order valence-electron chi connectivity index (χ0n) is 15.7. The van der Waals surface area contributed by atoms with Crippen LogP contribution in [0.3, 0.4) is 0 Å². The molecular formula is C22H34O3. The summed E-state index contributed by atoms with van der Waals surface area (Å²) in [5, 5.41) is 8.08. The first-order valence-corrected chi connectivity index (χ1v) is 9.55. The molecule has 0 heterocycles. The molecule has 0 radical (unpaired) electrons. The first-order chi connectivity index (χ1) is 12.3. The van der Waals surface area contributed by atoms with Gasteiger partial charge in [0.15, 0.2) is 0 Å². The molecule has 0 amide bonds. The van der Waals surface area contributed by atoms with Gasteiger partial charge in [0, 0.05) is 0 Å². The average molecular weight is 347 g/mol. The summed E-state index contributed by atoms with van der Waals surface area (Å²) < 4.78 is 0. The number of rotatable bonds is 15. The van der Waals surface area contributed by atoms with E-state index < -0.39 is 5.97 Å². The summed E-state index contributed by atoms with van der Waals surface area (Å²) in [6, 6.07) is 0. The van der Waals surface area contributed by atoms with Gasteiger partial charge in [-0.2, -0.15) is 5.26 Å². The Kier molecular flexibility index (Phi) is 18.7. The fraction of sp³-hybridized carbons (Fsp3) is 0.545. The Morgan fingerprint density at radius 3 is 2.24 bits per heavy atom. The van der Waals surface area contributed by atoms with Crippen molar-refractivity contribution in [3.8, 4) is 0 Å². The van der Waals surface area contributed by atoms with E-state index in [9.17, 15) is 4.79 Å². The molecule has 0 spiro atoms. The normalized spacial score (nSPS) is 11.3. The maximum atomic E-state index is 10.6. The predicted molar refractivity (Wildman–Crippen MR) is 105 cm³/mol. The lowest BCUT2D eigenvalue weighted by Gasteiger charge is -1.99. The van der Waals surface area contributed by atoms with Gasteiger partial charge >= 0.3 is 5.97 Å². The SMILES string of the molecule is CCCCCCCCCCC=C=C/C=C/C=C/C=C/CCC(=O)OO. The van der Waals surface area contributed by atoms with Crippen LogP contribution in [-0.4, -0.2) is 11.2 Å². The monoisotopic (exact) mass is 346 g/mol. The first-order valence-electron chi connectivity index (χ1n) is 9.55. The fourth-order valence-electron chi connectivity index (χ4n) is 2.26. The van der Waals surface area contributed by atoms with Gasteiger partial charge < -0.3 is 4.89 Å². The number of carbonyl (C=O) groups excluding carboxylic acids is 1. The Balaban J connectivity index is 3.54. The third-order valence-electron chi connectivity index (χ3n) is 3.71. The zero-order chi connectivity index (χ0) is 18.4. The molecule has 0 aliphatic heterocycles. The standard InChI is InChI=1S/C22H34O3/c1-2-3-4-5-6-7-8-9-10-11-12-13-14-15-16-17-18-19-20-21-22(23)25-24/h11,13-19,24H,2-10,20-21H2,1H3/b15-14+,17-16+,19-18+. The van der Waals surface area contributed by atoms with Crippen molar-refractivity contribution in [1.29, 1.82) is 0 Å². The molecule has 1 N–H and O–H groups in total. The van der Waals surface area contributed by atoms with E-state index in [1.54, 1.807) is 0 Å². The highest BCUT2D eigenvalue weighted by atomic mass is 17.1. The topological polar surface area (TPSA) is 46.5 Å². The molecule has 0 bridgehead atoms. The highest BCUT2D eigenvalue weighted by Crippen LogP contribution is 2.09. The molecule has 0 saturated heterocycles. The van der Waals surface area contributed by atoms with Crippen LogP contribution >= 0.6 is 0 Å². The van der Waals surface area contributed by atoms with Crippen molar-refractivity contribution in [3.05, 3.63) is 54.3 Å². The summed E-state index contributed by atoms with van der Waals surface area (Å²) in [6.45, 7) is 2.26. The van der Waals surface area contributed by atoms with Gasteiger partial charge in [-0.25, -0.2) is 4.79 Å². The predicted octanol–water partition coefficient (Wildman–Crippen LogP) is 6.69. The van der Waals surface area contributed by atoms with Gasteiger partial charge in [-0.05, 0) is 31.4 Å². The van der Waals surface area contributed by atoms with E-state index in [-0.39, 0.29) is 6.42 Å². The van der Waals surface area contributed by atoms with Crippen molar-refractivity contribution < 1.29 is 14.9 Å². The summed E-state index contributed by atoms with van der Waals surface area (Å²) >= 11 is 0. The van der Waals surface area contributed by atoms with E-state index in [4.69, 9.17) is 5.26 Å². The maximum Gasteiger partial charge on any atom is 0.342 e. The van der Waals surface area contributed by atoms with Crippen LogP contribution in [0, 0.1) is 0 Å². The quantitative estimate of drug-likeness (QED) is 0.118. The molecule has 3 nitrogen and oxygen atoms in total. The molecule has 3 heteroatoms. The van der Waals surface area contributed by atoms with Gasteiger partial charge in [-0.1, -0.05) is 88.3 Å². The lowest BCUT2D eigenvalue weighted by molar-refractivity contribution is -0.234. The van der Waals surface area contributed by atoms with Crippen molar-refractivity contribution in [2.24, 2.45) is 0 Å². The number of allylic oxidation sites excluding steroid dienone is 7. The summed E-state index contributed by atoms with van der Waals surface area (Å²) in [6.07, 6.45) is 28.1. The lowest BCUT2D eigenvalue weighted by atomic mass is 10.1. The van der Waals surface area contributed by atoms with E-state index in [1.165, 1.54) is 51.4 Å². The van der Waals surface area contributed by atoms with Crippen LogP contribution in [0.5, 0.6) is 0 Å². The Hall–Kier alpha value is -1.83. The first kappa shape index (κ1) is 23.2. The highest BCUT2D eigenvalue weighted by Gasteiger charge is 1.97. The van der Waals surface area contributed by atoms with Crippen LogP contribution in [0.4, 0.5) is 0 Å². The summed E-state index contributed by atoms with van der Waals surface area (Å²) in [5.41, 5.74) is 3.17. The molecule has 25 heavy (non-hydrogen) atoms. The number of hydrogen-bond acceptors (Lipinski definition) is 3. The van der Waals surface area contributed by atoms with Gasteiger partial charge in [0.25, 0.3) is 0 Å². The number of hydrogen-bond donors (Lipinski definition) is 1. The molecule has 0 atom stereocenters. The second kappa shape index (κ2) is 20.2. The second-order valence-corrected chi connectivity index (χ2v) is 6.00. The van der Waals surface area contributed by atoms with Crippen molar-refractivity contribution in [2.75, 3.05) is 0 Å². The van der Waals surface area contributed by atoms with E-state index >= 15 is 0 Å². The van der Waals surface area contributed by atoms with Crippen molar-refractivity contribution in [2.45, 2.75) is 77.6 Å². The molecule has 0 aromatic rings. The molecule has 0 saturated carbocycles. The molecule has 0 fully saturated rings. The molecule has 0 unspecified atom stereocenters. The van der Waals surface area contributed by atoms with Crippen LogP contribution in [0.25, 0.3) is 0 Å². The van der Waals surface area contributed by atoms with Crippen molar-refractivity contribution >= 4 is 5.97 Å². The smallest absolute Gasteiger partial charge is 0.301 e. The van der Waals surface area contributed by atoms with Crippen molar-refractivity contribution in [1.82, 2.24) is 0 Å². The minimum absolute atomic E-state index is 0.184. The lowest BCUT2D eigenvalue weighted by Crippen LogP contribution is -1.98. The minimum Gasteiger partial charge on any atom is -0.301 e. The van der Waals surface area contributed by atoms with Gasteiger partial charge in [-0.15, -0.1) is 5.73 Å². The Morgan fingerprint density at radius 2 is 1.52 bits per heavy atom. The van der Waals surface area contributed by atoms with E-state index in [1.807, 2.05) is 42.5 Å². The second-order valence-electron chi connectivity index (χ2n) is 6.00. The van der Waals surface area contributed by atoms with Crippen LogP contribution < -0.4 is 0 Å². The minimum atomic E-state index is -0.613. The third kappa shape index (κ3) is 20.1. The fourth-order valence-corrected chi connectivity index (χ4v) is 2.26. The van der Waals surface area contributed by atoms with Crippen molar-refractivity contribution in [3.63, 3.8) is 0 Å². The zero-order valence-corrected chi connectivity index (χ0v) is 15.7. The van der Waals surface area contributed by atoms with Crippen LogP contribution in [0.1, 0.15) is 77.6 Å². The van der Waals surface area contributed by atoms with E-state index in [2.05, 4.69) is 23.6 Å². The summed E-state index contributed by atoms with van der Waals surface area (Å²) in [7, 11) is 0. The maximum absolute atomic E-state index is 10.6. The number of carbonyl (C=O) groups is 1. The van der Waals surface area contributed by atoms with Crippen LogP contribution in [0.2, 0.25) is 0 Å². The molecule has 0 aromatic carbocycles. The van der Waals surface area contributed by atoms with E-state index in [0.29, 0.717) is 6.42 Å². The summed E-state index contributed by atoms with van der Waals surface area (Å²) in [4.78, 5) is 14.2. The Labute approximate surface area is 153 Å². The Bertz CT molecular complexity index is 452. The largest absolute Gasteiger partial charge is 0.342 e. The summed E-state index contributed by atoms with van der Waals surface area (Å²) in [5.74, 6) is -0.613. The molecular weight excluding hydrogens is 312 g/mol.